The summed E-state index contributed by atoms with van der Waals surface area (Å²) in [5, 5.41) is 14.8. The van der Waals surface area contributed by atoms with Crippen molar-refractivity contribution >= 4 is 38.6 Å². The highest BCUT2D eigenvalue weighted by molar-refractivity contribution is 7.89. The molecular weight excluding hydrogens is 378 g/mol. The third-order valence-corrected chi connectivity index (χ3v) is 7.02. The molecule has 0 saturated carbocycles. The van der Waals surface area contributed by atoms with Gasteiger partial charge in [-0.3, -0.25) is 14.9 Å². The first kappa shape index (κ1) is 18.5. The van der Waals surface area contributed by atoms with Crippen molar-refractivity contribution in [3.8, 4) is 0 Å². The molecule has 0 spiro atoms. The van der Waals surface area contributed by atoms with Crippen molar-refractivity contribution in [3.05, 3.63) is 50.7 Å². The molecule has 1 saturated heterocycles. The Hall–Kier alpha value is -2.30. The molecule has 8 nitrogen and oxygen atoms in total. The Bertz CT molecular complexity index is 933. The number of sulfonamides is 1. The van der Waals surface area contributed by atoms with Gasteiger partial charge >= 0.3 is 0 Å². The third kappa shape index (κ3) is 3.92. The number of carbonyl (C=O) groups excluding carboxylic acids is 1. The average Bonchev–Trinajstić information content (AvgIpc) is 3.14. The molecule has 26 heavy (non-hydrogen) atoms. The maximum atomic E-state index is 12.6. The minimum Gasteiger partial charge on any atom is -0.321 e. The number of anilines is 1. The normalized spacial score (nSPS) is 15.5. The topological polar surface area (TPSA) is 110 Å². The van der Waals surface area contributed by atoms with Gasteiger partial charge < -0.3 is 5.32 Å². The van der Waals surface area contributed by atoms with Gasteiger partial charge in [-0.05, 0) is 25.0 Å². The Labute approximate surface area is 154 Å². The number of nitrogens with zero attached hydrogens (tertiary/aromatic N) is 2. The molecule has 0 radical (unpaired) electrons. The lowest BCUT2D eigenvalue weighted by Crippen LogP contribution is -2.35. The van der Waals surface area contributed by atoms with Crippen LogP contribution in [0.1, 0.15) is 28.9 Å². The van der Waals surface area contributed by atoms with E-state index in [4.69, 9.17) is 0 Å². The summed E-state index contributed by atoms with van der Waals surface area (Å²) in [7, 11) is -3.59. The molecular formula is C16H17N3O5S2. The second-order valence-corrected chi connectivity index (χ2v) is 8.72. The maximum absolute atomic E-state index is 12.6. The predicted octanol–water partition coefficient (Wildman–Crippen LogP) is 3.08. The number of hydrogen-bond donors (Lipinski definition) is 1. The Morgan fingerprint density at radius 3 is 2.62 bits per heavy atom. The first-order valence-corrected chi connectivity index (χ1v) is 10.3. The van der Waals surface area contributed by atoms with E-state index in [1.807, 2.05) is 0 Å². The first-order chi connectivity index (χ1) is 12.4. The minimum absolute atomic E-state index is 0.105. The van der Waals surface area contributed by atoms with Gasteiger partial charge in [-0.2, -0.15) is 4.31 Å². The number of nitro benzene ring substituents is 1. The summed E-state index contributed by atoms with van der Waals surface area (Å²) < 4.78 is 26.7. The van der Waals surface area contributed by atoms with E-state index in [-0.39, 0.29) is 21.1 Å². The number of carbonyl (C=O) groups is 1. The Morgan fingerprint density at radius 1 is 1.19 bits per heavy atom. The van der Waals surface area contributed by atoms with Crippen molar-refractivity contribution in [1.82, 2.24) is 4.31 Å². The number of hydrogen-bond acceptors (Lipinski definition) is 6. The van der Waals surface area contributed by atoms with E-state index in [0.29, 0.717) is 13.1 Å². The molecule has 138 valence electrons. The standard InChI is InChI=1S/C16H17N3O5S2/c20-16(17-12-5-4-6-13(9-12)19(21)22)15-10-14(11-25-15)26(23,24)18-7-2-1-3-8-18/h4-6,9-11H,1-3,7-8H2,(H,17,20). The molecule has 2 heterocycles. The van der Waals surface area contributed by atoms with E-state index in [1.54, 1.807) is 0 Å². The largest absolute Gasteiger partial charge is 0.321 e. The SMILES string of the molecule is O=C(Nc1cccc([N+](=O)[O-])c1)c1cc(S(=O)(=O)N2CCCCC2)cs1. The van der Waals surface area contributed by atoms with E-state index >= 15 is 0 Å². The number of non-ortho nitro benzene ring substituents is 1. The van der Waals surface area contributed by atoms with Crippen LogP contribution >= 0.6 is 11.3 Å². The van der Waals surface area contributed by atoms with Gasteiger partial charge in [0.1, 0.15) is 0 Å². The average molecular weight is 395 g/mol. The van der Waals surface area contributed by atoms with E-state index in [2.05, 4.69) is 5.32 Å². The lowest BCUT2D eigenvalue weighted by atomic mass is 10.2. The molecule has 0 aliphatic carbocycles. The summed E-state index contributed by atoms with van der Waals surface area (Å²) in [5.41, 5.74) is 0.139. The van der Waals surface area contributed by atoms with Gasteiger partial charge in [0.15, 0.2) is 0 Å². The first-order valence-electron chi connectivity index (χ1n) is 8.02. The van der Waals surface area contributed by atoms with Crippen LogP contribution in [0.2, 0.25) is 0 Å². The van der Waals surface area contributed by atoms with Gasteiger partial charge in [-0.25, -0.2) is 8.42 Å². The summed E-state index contributed by atoms with van der Waals surface area (Å²) in [6.07, 6.45) is 2.69. The predicted molar refractivity (Wildman–Crippen MR) is 98.0 cm³/mol. The van der Waals surface area contributed by atoms with Gasteiger partial charge in [0.25, 0.3) is 11.6 Å². The Balaban J connectivity index is 1.76. The van der Waals surface area contributed by atoms with Crippen LogP contribution in [0.25, 0.3) is 0 Å². The summed E-state index contributed by atoms with van der Waals surface area (Å²) in [4.78, 5) is 22.9. The van der Waals surface area contributed by atoms with Crippen LogP contribution in [-0.2, 0) is 10.0 Å². The molecule has 0 unspecified atom stereocenters. The Morgan fingerprint density at radius 2 is 1.92 bits per heavy atom. The lowest BCUT2D eigenvalue weighted by Gasteiger charge is -2.25. The summed E-state index contributed by atoms with van der Waals surface area (Å²) in [6.45, 7) is 0.987. The molecule has 0 bridgehead atoms. The molecule has 1 aromatic carbocycles. The highest BCUT2D eigenvalue weighted by Gasteiger charge is 2.27. The van der Waals surface area contributed by atoms with Gasteiger partial charge in [0, 0.05) is 36.3 Å². The van der Waals surface area contributed by atoms with Gasteiger partial charge in [0.05, 0.1) is 14.7 Å². The van der Waals surface area contributed by atoms with E-state index < -0.39 is 20.9 Å². The van der Waals surface area contributed by atoms with Crippen LogP contribution in [-0.4, -0.2) is 36.6 Å². The molecule has 1 aliphatic rings. The van der Waals surface area contributed by atoms with Crippen LogP contribution in [0.3, 0.4) is 0 Å². The van der Waals surface area contributed by atoms with E-state index in [0.717, 1.165) is 30.6 Å². The number of amides is 1. The number of nitrogens with one attached hydrogen (secondary N) is 1. The molecule has 1 aromatic heterocycles. The molecule has 1 fully saturated rings. The lowest BCUT2D eigenvalue weighted by molar-refractivity contribution is -0.384. The number of piperidine rings is 1. The molecule has 1 N–H and O–H groups in total. The molecule has 2 aromatic rings. The van der Waals surface area contributed by atoms with Crippen LogP contribution in [0.5, 0.6) is 0 Å². The summed E-state index contributed by atoms with van der Waals surface area (Å²) in [5.74, 6) is -0.504. The van der Waals surface area contributed by atoms with Crippen molar-refractivity contribution in [2.24, 2.45) is 0 Å². The second-order valence-electron chi connectivity index (χ2n) is 5.87. The van der Waals surface area contributed by atoms with Gasteiger partial charge in [-0.15, -0.1) is 11.3 Å². The van der Waals surface area contributed by atoms with Crippen molar-refractivity contribution in [2.45, 2.75) is 24.2 Å². The third-order valence-electron chi connectivity index (χ3n) is 4.07. The van der Waals surface area contributed by atoms with Crippen molar-refractivity contribution < 1.29 is 18.1 Å². The molecule has 10 heteroatoms. The van der Waals surface area contributed by atoms with Crippen LogP contribution < -0.4 is 5.32 Å². The Kier molecular flexibility index (Phi) is 5.35. The zero-order valence-corrected chi connectivity index (χ0v) is 15.4. The van der Waals surface area contributed by atoms with Crippen molar-refractivity contribution in [1.29, 1.82) is 0 Å². The van der Waals surface area contributed by atoms with Crippen LogP contribution in [0.4, 0.5) is 11.4 Å². The summed E-state index contributed by atoms with van der Waals surface area (Å²) in [6, 6.07) is 6.92. The molecule has 1 amide bonds. The number of nitro groups is 1. The van der Waals surface area contributed by atoms with Crippen molar-refractivity contribution in [3.63, 3.8) is 0 Å². The fourth-order valence-corrected chi connectivity index (χ4v) is 5.39. The van der Waals surface area contributed by atoms with Crippen LogP contribution in [0, 0.1) is 10.1 Å². The number of thiophene rings is 1. The van der Waals surface area contributed by atoms with E-state index in [1.165, 1.54) is 40.0 Å². The van der Waals surface area contributed by atoms with Crippen LogP contribution in [0.15, 0.2) is 40.6 Å². The highest BCUT2D eigenvalue weighted by atomic mass is 32.2. The van der Waals surface area contributed by atoms with Gasteiger partial charge in [0.2, 0.25) is 10.0 Å². The number of benzene rings is 1. The quantitative estimate of drug-likeness (QED) is 0.618. The van der Waals surface area contributed by atoms with E-state index in [9.17, 15) is 23.3 Å². The smallest absolute Gasteiger partial charge is 0.271 e. The summed E-state index contributed by atoms with van der Waals surface area (Å²) >= 11 is 1.03. The molecule has 1 aliphatic heterocycles. The zero-order chi connectivity index (χ0) is 18.7. The minimum atomic E-state index is -3.59. The second kappa shape index (κ2) is 7.52. The monoisotopic (exact) mass is 395 g/mol. The van der Waals surface area contributed by atoms with Crippen molar-refractivity contribution in [2.75, 3.05) is 18.4 Å². The fourth-order valence-electron chi connectivity index (χ4n) is 2.72. The zero-order valence-electron chi connectivity index (χ0n) is 13.8. The molecule has 3 rings (SSSR count). The number of rotatable bonds is 5. The fraction of sp³-hybridized carbons (Fsp3) is 0.312. The van der Waals surface area contributed by atoms with Gasteiger partial charge in [-0.1, -0.05) is 12.5 Å². The maximum Gasteiger partial charge on any atom is 0.271 e. The highest BCUT2D eigenvalue weighted by Crippen LogP contribution is 2.26. The molecule has 0 atom stereocenters.